The summed E-state index contributed by atoms with van der Waals surface area (Å²) in [6.07, 6.45) is 3.35. The number of pyridine rings is 2. The molecular weight excluding hydrogens is 268 g/mol. The van der Waals surface area contributed by atoms with Gasteiger partial charge in [0.25, 0.3) is 5.56 Å². The van der Waals surface area contributed by atoms with E-state index < -0.39 is 5.97 Å². The summed E-state index contributed by atoms with van der Waals surface area (Å²) in [5, 5.41) is 9.78. The lowest BCUT2D eigenvalue weighted by atomic mass is 10.1. The standard InChI is InChI=1S/C16H12N2O3/c19-15-8-13(16(20)21)12-5-1-2-6-14(12)18(15)10-11-4-3-7-17-9-11/h1-9H,10H2,(H,20,21). The van der Waals surface area contributed by atoms with E-state index in [2.05, 4.69) is 4.98 Å². The number of aromatic carboxylic acids is 1. The van der Waals surface area contributed by atoms with Gasteiger partial charge in [0.15, 0.2) is 0 Å². The summed E-state index contributed by atoms with van der Waals surface area (Å²) in [7, 11) is 0. The van der Waals surface area contributed by atoms with Crippen molar-refractivity contribution in [2.45, 2.75) is 6.54 Å². The van der Waals surface area contributed by atoms with Crippen LogP contribution in [0.2, 0.25) is 0 Å². The highest BCUT2D eigenvalue weighted by Crippen LogP contribution is 2.17. The third-order valence-corrected chi connectivity index (χ3v) is 3.31. The Morgan fingerprint density at radius 2 is 2.00 bits per heavy atom. The van der Waals surface area contributed by atoms with Crippen molar-refractivity contribution in [3.8, 4) is 0 Å². The molecule has 0 unspecified atom stereocenters. The SMILES string of the molecule is O=C(O)c1cc(=O)n(Cc2cccnc2)c2ccccc12. The van der Waals surface area contributed by atoms with Crippen molar-refractivity contribution < 1.29 is 9.90 Å². The maximum Gasteiger partial charge on any atom is 0.336 e. The van der Waals surface area contributed by atoms with E-state index >= 15 is 0 Å². The predicted molar refractivity (Wildman–Crippen MR) is 78.5 cm³/mol. The number of carboxylic acids is 1. The van der Waals surface area contributed by atoms with Crippen LogP contribution in [0.15, 0.2) is 59.7 Å². The molecule has 104 valence electrons. The molecule has 1 aromatic carbocycles. The molecule has 0 radical (unpaired) electrons. The van der Waals surface area contributed by atoms with E-state index in [0.717, 1.165) is 5.56 Å². The summed E-state index contributed by atoms with van der Waals surface area (Å²) in [6, 6.07) is 11.8. The summed E-state index contributed by atoms with van der Waals surface area (Å²) in [5.74, 6) is -1.10. The van der Waals surface area contributed by atoms with E-state index in [0.29, 0.717) is 17.4 Å². The quantitative estimate of drug-likeness (QED) is 0.797. The van der Waals surface area contributed by atoms with Crippen molar-refractivity contribution >= 4 is 16.9 Å². The van der Waals surface area contributed by atoms with Crippen LogP contribution in [0.1, 0.15) is 15.9 Å². The van der Waals surface area contributed by atoms with Gasteiger partial charge in [0.2, 0.25) is 0 Å². The molecule has 0 aliphatic rings. The highest BCUT2D eigenvalue weighted by molar-refractivity contribution is 6.02. The molecule has 0 aliphatic carbocycles. The molecule has 2 aromatic heterocycles. The van der Waals surface area contributed by atoms with Crippen LogP contribution in [-0.4, -0.2) is 20.6 Å². The van der Waals surface area contributed by atoms with Crippen molar-refractivity contribution in [2.24, 2.45) is 0 Å². The zero-order chi connectivity index (χ0) is 14.8. The summed E-state index contributed by atoms with van der Waals surface area (Å²) < 4.78 is 1.55. The minimum atomic E-state index is -1.10. The molecular formula is C16H12N2O3. The number of para-hydroxylation sites is 1. The first-order valence-corrected chi connectivity index (χ1v) is 6.41. The average molecular weight is 280 g/mol. The Labute approximate surface area is 120 Å². The monoisotopic (exact) mass is 280 g/mol. The lowest BCUT2D eigenvalue weighted by Crippen LogP contribution is -2.22. The van der Waals surface area contributed by atoms with E-state index in [-0.39, 0.29) is 11.1 Å². The first-order valence-electron chi connectivity index (χ1n) is 6.41. The van der Waals surface area contributed by atoms with Gasteiger partial charge in [-0.05, 0) is 17.7 Å². The number of rotatable bonds is 3. The van der Waals surface area contributed by atoms with Gasteiger partial charge in [-0.2, -0.15) is 0 Å². The number of aromatic nitrogens is 2. The molecule has 0 spiro atoms. The molecule has 0 aliphatic heterocycles. The molecule has 0 atom stereocenters. The molecule has 5 heteroatoms. The molecule has 0 bridgehead atoms. The molecule has 3 aromatic rings. The summed E-state index contributed by atoms with van der Waals surface area (Å²) in [6.45, 7) is 0.354. The highest BCUT2D eigenvalue weighted by atomic mass is 16.4. The van der Waals surface area contributed by atoms with Crippen molar-refractivity contribution in [3.05, 3.63) is 76.3 Å². The topological polar surface area (TPSA) is 72.2 Å². The Morgan fingerprint density at radius 3 is 2.71 bits per heavy atom. The van der Waals surface area contributed by atoms with Gasteiger partial charge in [-0.25, -0.2) is 4.79 Å². The summed E-state index contributed by atoms with van der Waals surface area (Å²) in [5.41, 5.74) is 1.17. The molecule has 0 saturated heterocycles. The zero-order valence-corrected chi connectivity index (χ0v) is 11.1. The van der Waals surface area contributed by atoms with Crippen molar-refractivity contribution in [1.82, 2.24) is 9.55 Å². The van der Waals surface area contributed by atoms with Crippen LogP contribution in [0, 0.1) is 0 Å². The van der Waals surface area contributed by atoms with Gasteiger partial charge in [-0.15, -0.1) is 0 Å². The molecule has 0 saturated carbocycles. The van der Waals surface area contributed by atoms with E-state index in [1.165, 1.54) is 6.07 Å². The first-order chi connectivity index (χ1) is 10.2. The van der Waals surface area contributed by atoms with Crippen LogP contribution in [0.5, 0.6) is 0 Å². The maximum absolute atomic E-state index is 12.2. The lowest BCUT2D eigenvalue weighted by molar-refractivity contribution is 0.0698. The molecule has 0 fully saturated rings. The number of hydrogen-bond donors (Lipinski definition) is 1. The lowest BCUT2D eigenvalue weighted by Gasteiger charge is -2.11. The van der Waals surface area contributed by atoms with Crippen LogP contribution < -0.4 is 5.56 Å². The van der Waals surface area contributed by atoms with Gasteiger partial charge in [0.05, 0.1) is 17.6 Å². The number of hydrogen-bond acceptors (Lipinski definition) is 3. The van der Waals surface area contributed by atoms with Gasteiger partial charge in [-0.1, -0.05) is 24.3 Å². The highest BCUT2D eigenvalue weighted by Gasteiger charge is 2.13. The maximum atomic E-state index is 12.2. The number of benzene rings is 1. The van der Waals surface area contributed by atoms with Gasteiger partial charge < -0.3 is 9.67 Å². The smallest absolute Gasteiger partial charge is 0.336 e. The van der Waals surface area contributed by atoms with E-state index in [4.69, 9.17) is 0 Å². The van der Waals surface area contributed by atoms with Crippen LogP contribution >= 0.6 is 0 Å². The number of carboxylic acid groups (broad SMARTS) is 1. The van der Waals surface area contributed by atoms with Crippen LogP contribution in [0.25, 0.3) is 10.9 Å². The fraction of sp³-hybridized carbons (Fsp3) is 0.0625. The van der Waals surface area contributed by atoms with E-state index in [9.17, 15) is 14.7 Å². The zero-order valence-electron chi connectivity index (χ0n) is 11.1. The molecule has 5 nitrogen and oxygen atoms in total. The second kappa shape index (κ2) is 5.20. The second-order valence-corrected chi connectivity index (χ2v) is 4.67. The molecule has 2 heterocycles. The Kier molecular flexibility index (Phi) is 3.23. The third kappa shape index (κ3) is 2.41. The Hall–Kier alpha value is -2.95. The minimum Gasteiger partial charge on any atom is -0.478 e. The van der Waals surface area contributed by atoms with Gasteiger partial charge >= 0.3 is 5.97 Å². The van der Waals surface area contributed by atoms with Gasteiger partial charge in [0.1, 0.15) is 0 Å². The third-order valence-electron chi connectivity index (χ3n) is 3.31. The van der Waals surface area contributed by atoms with E-state index in [1.807, 2.05) is 6.07 Å². The van der Waals surface area contributed by atoms with Crippen LogP contribution in [-0.2, 0) is 6.54 Å². The summed E-state index contributed by atoms with van der Waals surface area (Å²) in [4.78, 5) is 27.5. The fourth-order valence-electron chi connectivity index (χ4n) is 2.35. The van der Waals surface area contributed by atoms with E-state index in [1.54, 1.807) is 47.3 Å². The number of carbonyl (C=O) groups is 1. The minimum absolute atomic E-state index is 0.0260. The Balaban J connectivity index is 2.24. The van der Waals surface area contributed by atoms with Gasteiger partial charge in [0, 0.05) is 23.8 Å². The number of nitrogens with zero attached hydrogens (tertiary/aromatic N) is 2. The largest absolute Gasteiger partial charge is 0.478 e. The molecule has 1 N–H and O–H groups in total. The fourth-order valence-corrected chi connectivity index (χ4v) is 2.35. The Morgan fingerprint density at radius 1 is 1.19 bits per heavy atom. The van der Waals surface area contributed by atoms with Crippen LogP contribution in [0.3, 0.4) is 0 Å². The Bertz CT molecular complexity index is 870. The molecule has 3 rings (SSSR count). The first kappa shape index (κ1) is 13.1. The van der Waals surface area contributed by atoms with Crippen molar-refractivity contribution in [2.75, 3.05) is 0 Å². The predicted octanol–water partition coefficient (Wildman–Crippen LogP) is 2.14. The van der Waals surface area contributed by atoms with Crippen LogP contribution in [0.4, 0.5) is 0 Å². The second-order valence-electron chi connectivity index (χ2n) is 4.67. The molecule has 0 amide bonds. The summed E-state index contributed by atoms with van der Waals surface area (Å²) >= 11 is 0. The van der Waals surface area contributed by atoms with Crippen molar-refractivity contribution in [1.29, 1.82) is 0 Å². The molecule has 21 heavy (non-hydrogen) atoms. The van der Waals surface area contributed by atoms with Gasteiger partial charge in [-0.3, -0.25) is 9.78 Å². The normalized spacial score (nSPS) is 10.7. The van der Waals surface area contributed by atoms with Crippen molar-refractivity contribution in [3.63, 3.8) is 0 Å². The number of fused-ring (bicyclic) bond motifs is 1. The average Bonchev–Trinajstić information content (AvgIpc) is 2.50.